The summed E-state index contributed by atoms with van der Waals surface area (Å²) in [5.74, 6) is -8.04. The van der Waals surface area contributed by atoms with E-state index in [-0.39, 0.29) is 0 Å². The van der Waals surface area contributed by atoms with Crippen LogP contribution in [0.3, 0.4) is 0 Å². The largest absolute Gasteiger partial charge is 0.477 e. The maximum atomic E-state index is 12.7. The van der Waals surface area contributed by atoms with Gasteiger partial charge in [-0.3, -0.25) is 14.1 Å². The predicted octanol–water partition coefficient (Wildman–Crippen LogP) is -8.18. The van der Waals surface area contributed by atoms with Gasteiger partial charge in [-0.1, -0.05) is 0 Å². The second-order valence-corrected chi connectivity index (χ2v) is 13.3. The molecule has 0 spiro atoms. The summed E-state index contributed by atoms with van der Waals surface area (Å²) in [6.45, 7) is -0.158. The lowest BCUT2D eigenvalue weighted by atomic mass is 9.88. The fourth-order valence-electron chi connectivity index (χ4n) is 5.76. The number of carbonyl (C=O) groups excluding carboxylic acids is 2. The SMILES string of the molecule is CC(=O)N[C@@H]1[C@@H](O[C@@H]2O[C@H](CO)[C@H](O)[C@H](O[C@]3(C(=O)O)C[C@H](O)[C@@H](NC(C)=O)[C@H]([C@H](O)[C@H](O)CO)O3)[C@H]2O)[C@@H](O)[C@@H](CS(=O)(=O)O)O[C@@H]1O. The molecule has 3 saturated heterocycles. The van der Waals surface area contributed by atoms with Gasteiger partial charge in [0, 0.05) is 20.3 Å². The van der Waals surface area contributed by atoms with Gasteiger partial charge in [0.05, 0.1) is 25.4 Å². The van der Waals surface area contributed by atoms with Crippen molar-refractivity contribution in [2.24, 2.45) is 0 Å². The van der Waals surface area contributed by atoms with Crippen LogP contribution in [0.2, 0.25) is 0 Å². The van der Waals surface area contributed by atoms with Gasteiger partial charge in [0.2, 0.25) is 11.8 Å². The highest BCUT2D eigenvalue weighted by Gasteiger charge is 2.60. The van der Waals surface area contributed by atoms with Crippen LogP contribution in [0.5, 0.6) is 0 Å². The molecular formula is C25H42N2O21S. The van der Waals surface area contributed by atoms with Gasteiger partial charge < -0.3 is 85.4 Å². The number of amides is 2. The average molecular weight is 739 g/mol. The monoisotopic (exact) mass is 738 g/mol. The van der Waals surface area contributed by atoms with E-state index in [1.807, 2.05) is 0 Å². The van der Waals surface area contributed by atoms with Crippen molar-refractivity contribution in [3.63, 3.8) is 0 Å². The molecule has 3 heterocycles. The quantitative estimate of drug-likeness (QED) is 0.0780. The van der Waals surface area contributed by atoms with Gasteiger partial charge in [0.1, 0.15) is 72.8 Å². The van der Waals surface area contributed by atoms with E-state index in [1.165, 1.54) is 0 Å². The Bertz CT molecular complexity index is 1280. The first-order valence-corrected chi connectivity index (χ1v) is 16.3. The van der Waals surface area contributed by atoms with Crippen molar-refractivity contribution >= 4 is 27.9 Å². The second-order valence-electron chi connectivity index (χ2n) is 11.8. The number of hydrogen-bond acceptors (Lipinski definition) is 19. The molecule has 0 aromatic heterocycles. The van der Waals surface area contributed by atoms with Crippen molar-refractivity contribution in [1.82, 2.24) is 10.6 Å². The minimum Gasteiger partial charge on any atom is -0.477 e. The highest BCUT2D eigenvalue weighted by atomic mass is 32.2. The number of ether oxygens (including phenoxy) is 5. The third-order valence-corrected chi connectivity index (χ3v) is 8.81. The van der Waals surface area contributed by atoms with Crippen molar-refractivity contribution in [3.8, 4) is 0 Å². The molecule has 0 saturated carbocycles. The van der Waals surface area contributed by atoms with Crippen LogP contribution in [-0.4, -0.2) is 198 Å². The zero-order valence-corrected chi connectivity index (χ0v) is 26.7. The summed E-state index contributed by atoms with van der Waals surface area (Å²) in [7, 11) is -4.85. The number of carboxylic acids is 1. The van der Waals surface area contributed by atoms with Gasteiger partial charge in [-0.15, -0.1) is 0 Å². The molecule has 16 atom stereocenters. The molecule has 23 nitrogen and oxygen atoms in total. The number of nitrogens with one attached hydrogen (secondary N) is 2. The second kappa shape index (κ2) is 16.4. The van der Waals surface area contributed by atoms with Gasteiger partial charge in [-0.05, 0) is 0 Å². The number of carboxylic acid groups (broad SMARTS) is 1. The summed E-state index contributed by atoms with van der Waals surface area (Å²) in [6.07, 6.45) is -27.8. The van der Waals surface area contributed by atoms with Crippen LogP contribution in [0, 0.1) is 0 Å². The highest BCUT2D eigenvalue weighted by molar-refractivity contribution is 7.85. The Kier molecular flexibility index (Phi) is 13.8. The van der Waals surface area contributed by atoms with Gasteiger partial charge in [-0.2, -0.15) is 8.42 Å². The summed E-state index contributed by atoms with van der Waals surface area (Å²) in [5, 5.41) is 109. The van der Waals surface area contributed by atoms with E-state index < -0.39 is 151 Å². The Morgan fingerprint density at radius 3 is 1.98 bits per heavy atom. The molecule has 0 aliphatic carbocycles. The molecule has 24 heteroatoms. The number of aliphatic carboxylic acids is 1. The first-order valence-electron chi connectivity index (χ1n) is 14.7. The third kappa shape index (κ3) is 9.56. The topological polar surface area (TPSA) is 378 Å². The number of carbonyl (C=O) groups is 3. The van der Waals surface area contributed by atoms with Gasteiger partial charge >= 0.3 is 5.97 Å². The molecule has 0 unspecified atom stereocenters. The Balaban J connectivity index is 2.00. The normalized spacial score (nSPS) is 41.3. The lowest BCUT2D eigenvalue weighted by molar-refractivity contribution is -0.380. The van der Waals surface area contributed by atoms with Crippen LogP contribution in [0.4, 0.5) is 0 Å². The van der Waals surface area contributed by atoms with Gasteiger partial charge in [0.15, 0.2) is 12.6 Å². The van der Waals surface area contributed by atoms with Crippen LogP contribution in [0.25, 0.3) is 0 Å². The van der Waals surface area contributed by atoms with E-state index in [0.29, 0.717) is 0 Å². The molecule has 2 amide bonds. The molecule has 0 aromatic carbocycles. The Hall–Kier alpha value is -2.24. The van der Waals surface area contributed by atoms with E-state index >= 15 is 0 Å². The lowest BCUT2D eigenvalue weighted by Crippen LogP contribution is -2.71. The van der Waals surface area contributed by atoms with E-state index in [2.05, 4.69) is 10.6 Å². The van der Waals surface area contributed by atoms with E-state index in [0.717, 1.165) is 13.8 Å². The smallest absolute Gasteiger partial charge is 0.364 e. The first-order chi connectivity index (χ1) is 22.7. The molecular weight excluding hydrogens is 696 g/mol. The molecule has 284 valence electrons. The zero-order valence-electron chi connectivity index (χ0n) is 25.9. The highest BCUT2D eigenvalue weighted by Crippen LogP contribution is 2.38. The number of aliphatic hydroxyl groups excluding tert-OH is 9. The van der Waals surface area contributed by atoms with Crippen LogP contribution in [-0.2, 0) is 48.2 Å². The van der Waals surface area contributed by atoms with Crippen molar-refractivity contribution < 1.29 is 102 Å². The number of aliphatic hydroxyl groups is 9. The average Bonchev–Trinajstić information content (AvgIpc) is 2.99. The molecule has 0 aromatic rings. The van der Waals surface area contributed by atoms with Crippen molar-refractivity contribution in [2.45, 2.75) is 118 Å². The Labute approximate surface area is 277 Å². The molecule has 3 fully saturated rings. The van der Waals surface area contributed by atoms with Crippen LogP contribution >= 0.6 is 0 Å². The number of hydrogen-bond donors (Lipinski definition) is 13. The third-order valence-electron chi connectivity index (χ3n) is 8.06. The fourth-order valence-corrected chi connectivity index (χ4v) is 6.45. The van der Waals surface area contributed by atoms with Crippen molar-refractivity contribution in [2.75, 3.05) is 19.0 Å². The standard InChI is InChI=1S/C25H42N2O21S/c1-7(30)26-13-9(32)3-25(24(39)40,47-20(13)15(34)10(33)4-28)48-21-16(35)11(5-29)45-23(18(21)37)46-19-14(27-8(2)31)22(38)44-12(17(19)36)6-49(41,42)43/h9-23,28-29,32-38H,3-6H2,1-2H3,(H,26,30)(H,27,31)(H,39,40)(H,41,42,43)/t9-,10+,11+,12+,13+,14+,15+,16-,17-,18+,19+,20+,21-,22-,23-,25-/m0/s1. The molecule has 13 N–H and O–H groups in total. The maximum absolute atomic E-state index is 12.7. The van der Waals surface area contributed by atoms with E-state index in [1.54, 1.807) is 0 Å². The number of rotatable bonds is 13. The summed E-state index contributed by atoms with van der Waals surface area (Å²) >= 11 is 0. The predicted molar refractivity (Wildman–Crippen MR) is 151 cm³/mol. The molecule has 3 rings (SSSR count). The van der Waals surface area contributed by atoms with E-state index in [4.69, 9.17) is 23.7 Å². The summed E-state index contributed by atoms with van der Waals surface area (Å²) in [6, 6.07) is -3.31. The zero-order chi connectivity index (χ0) is 37.2. The van der Waals surface area contributed by atoms with E-state index in [9.17, 15) is 78.4 Å². The van der Waals surface area contributed by atoms with Crippen molar-refractivity contribution in [1.29, 1.82) is 0 Å². The lowest BCUT2D eigenvalue weighted by Gasteiger charge is -2.50. The summed E-state index contributed by atoms with van der Waals surface area (Å²) in [4.78, 5) is 36.3. The summed E-state index contributed by atoms with van der Waals surface area (Å²) in [5.41, 5.74) is 0. The first kappa shape index (κ1) is 41.2. The Morgan fingerprint density at radius 2 is 1.47 bits per heavy atom. The van der Waals surface area contributed by atoms with Crippen molar-refractivity contribution in [3.05, 3.63) is 0 Å². The molecule has 3 aliphatic heterocycles. The van der Waals surface area contributed by atoms with Crippen LogP contribution in [0.15, 0.2) is 0 Å². The molecule has 3 aliphatic rings. The minimum absolute atomic E-state index is 0.787. The van der Waals surface area contributed by atoms with Gasteiger partial charge in [-0.25, -0.2) is 4.79 Å². The fraction of sp³-hybridized carbons (Fsp3) is 0.880. The molecule has 49 heavy (non-hydrogen) atoms. The molecule has 0 bridgehead atoms. The Morgan fingerprint density at radius 1 is 0.898 bits per heavy atom. The maximum Gasteiger partial charge on any atom is 0.364 e. The van der Waals surface area contributed by atoms with Crippen LogP contribution < -0.4 is 10.6 Å². The van der Waals surface area contributed by atoms with Crippen LogP contribution in [0.1, 0.15) is 20.3 Å². The van der Waals surface area contributed by atoms with Gasteiger partial charge in [0.25, 0.3) is 15.9 Å². The summed E-state index contributed by atoms with van der Waals surface area (Å²) < 4.78 is 59.4. The molecule has 0 radical (unpaired) electrons. The minimum atomic E-state index is -4.85.